The summed E-state index contributed by atoms with van der Waals surface area (Å²) in [6.07, 6.45) is 0. The molecule has 1 amide bonds. The number of sulfonamides is 1. The molecule has 6 nitrogen and oxygen atoms in total. The van der Waals surface area contributed by atoms with Crippen molar-refractivity contribution < 1.29 is 17.9 Å². The number of amides is 1. The number of nitrogens with two attached hydrogens (primary N) is 1. The van der Waals surface area contributed by atoms with Gasteiger partial charge >= 0.3 is 0 Å². The Labute approximate surface area is 127 Å². The normalized spacial score (nSPS) is 11.9. The first-order valence-corrected chi connectivity index (χ1v) is 8.07. The van der Waals surface area contributed by atoms with Gasteiger partial charge in [-0.25, -0.2) is 8.42 Å². The lowest BCUT2D eigenvalue weighted by molar-refractivity contribution is -0.118. The standard InChI is InChI=1S/C12H17BrN2O4S/c1-8(2)15(7-12(14)16)20(17,18)11-6-9(13)4-5-10(11)19-3/h4-6,8H,7H2,1-3H3,(H2,14,16). The predicted molar refractivity (Wildman–Crippen MR) is 78.9 cm³/mol. The molecule has 20 heavy (non-hydrogen) atoms. The van der Waals surface area contributed by atoms with E-state index in [0.717, 1.165) is 4.31 Å². The first kappa shape index (κ1) is 16.9. The Balaban J connectivity index is 3.40. The quantitative estimate of drug-likeness (QED) is 0.824. The number of rotatable bonds is 6. The van der Waals surface area contributed by atoms with E-state index in [1.54, 1.807) is 26.0 Å². The Kier molecular flexibility index (Phi) is 5.55. The first-order valence-electron chi connectivity index (χ1n) is 5.83. The van der Waals surface area contributed by atoms with Crippen molar-refractivity contribution in [3.8, 4) is 5.75 Å². The lowest BCUT2D eigenvalue weighted by Crippen LogP contribution is -2.42. The SMILES string of the molecule is COc1ccc(Br)cc1S(=O)(=O)N(CC(N)=O)C(C)C. The molecular formula is C12H17BrN2O4S. The highest BCUT2D eigenvalue weighted by Gasteiger charge is 2.31. The van der Waals surface area contributed by atoms with Gasteiger partial charge in [0.25, 0.3) is 0 Å². The Morgan fingerprint density at radius 1 is 1.45 bits per heavy atom. The lowest BCUT2D eigenvalue weighted by atomic mass is 10.3. The molecule has 0 unspecified atom stereocenters. The summed E-state index contributed by atoms with van der Waals surface area (Å²) in [6, 6.07) is 4.24. The Hall–Kier alpha value is -1.12. The largest absolute Gasteiger partial charge is 0.495 e. The maximum absolute atomic E-state index is 12.7. The van der Waals surface area contributed by atoms with Crippen LogP contribution in [0.1, 0.15) is 13.8 Å². The molecule has 0 bridgehead atoms. The van der Waals surface area contributed by atoms with E-state index in [1.165, 1.54) is 13.2 Å². The van der Waals surface area contributed by atoms with E-state index < -0.39 is 22.0 Å². The number of methoxy groups -OCH3 is 1. The maximum atomic E-state index is 12.7. The molecule has 0 saturated heterocycles. The number of primary amides is 1. The number of hydrogen-bond acceptors (Lipinski definition) is 4. The monoisotopic (exact) mass is 364 g/mol. The van der Waals surface area contributed by atoms with Gasteiger partial charge in [0.15, 0.2) is 0 Å². The molecule has 8 heteroatoms. The molecule has 1 rings (SSSR count). The summed E-state index contributed by atoms with van der Waals surface area (Å²) in [5.41, 5.74) is 5.12. The third-order valence-corrected chi connectivity index (χ3v) is 5.14. The summed E-state index contributed by atoms with van der Waals surface area (Å²) in [4.78, 5) is 11.1. The summed E-state index contributed by atoms with van der Waals surface area (Å²) in [5, 5.41) is 0. The average Bonchev–Trinajstić information content (AvgIpc) is 2.35. The van der Waals surface area contributed by atoms with Gasteiger partial charge in [0.05, 0.1) is 13.7 Å². The fourth-order valence-corrected chi connectivity index (χ4v) is 3.98. The zero-order valence-electron chi connectivity index (χ0n) is 11.5. The maximum Gasteiger partial charge on any atom is 0.247 e. The van der Waals surface area contributed by atoms with Crippen LogP contribution in [0.2, 0.25) is 0 Å². The van der Waals surface area contributed by atoms with Gasteiger partial charge in [-0.15, -0.1) is 0 Å². The average molecular weight is 365 g/mol. The number of carbonyl (C=O) groups excluding carboxylic acids is 1. The van der Waals surface area contributed by atoms with Crippen molar-refractivity contribution in [2.45, 2.75) is 24.8 Å². The molecule has 0 atom stereocenters. The second-order valence-corrected chi connectivity index (χ2v) is 7.18. The van der Waals surface area contributed by atoms with E-state index in [2.05, 4.69) is 15.9 Å². The van der Waals surface area contributed by atoms with E-state index in [9.17, 15) is 13.2 Å². The molecule has 1 aromatic rings. The number of carbonyl (C=O) groups is 1. The summed E-state index contributed by atoms with van der Waals surface area (Å²) in [5.74, 6) is -0.500. The molecule has 0 aromatic heterocycles. The van der Waals surface area contributed by atoms with Gasteiger partial charge in [0, 0.05) is 10.5 Å². The minimum atomic E-state index is -3.88. The molecular weight excluding hydrogens is 348 g/mol. The summed E-state index contributed by atoms with van der Waals surface area (Å²) in [7, 11) is -2.50. The van der Waals surface area contributed by atoms with Crippen LogP contribution in [-0.2, 0) is 14.8 Å². The van der Waals surface area contributed by atoms with Gasteiger partial charge in [0.2, 0.25) is 15.9 Å². The molecule has 0 radical (unpaired) electrons. The third kappa shape index (κ3) is 3.71. The zero-order chi connectivity index (χ0) is 15.5. The van der Waals surface area contributed by atoms with E-state index in [0.29, 0.717) is 4.47 Å². The van der Waals surface area contributed by atoms with Crippen LogP contribution in [-0.4, -0.2) is 38.3 Å². The van der Waals surface area contributed by atoms with E-state index in [1.807, 2.05) is 0 Å². The van der Waals surface area contributed by atoms with E-state index in [-0.39, 0.29) is 17.2 Å². The second kappa shape index (κ2) is 6.55. The van der Waals surface area contributed by atoms with E-state index >= 15 is 0 Å². The van der Waals surface area contributed by atoms with Gasteiger partial charge in [-0.05, 0) is 32.0 Å². The van der Waals surface area contributed by atoms with Gasteiger partial charge in [-0.1, -0.05) is 15.9 Å². The van der Waals surface area contributed by atoms with Crippen molar-refractivity contribution >= 4 is 31.9 Å². The van der Waals surface area contributed by atoms with Crippen molar-refractivity contribution in [3.05, 3.63) is 22.7 Å². The van der Waals surface area contributed by atoms with Crippen LogP contribution in [0, 0.1) is 0 Å². The highest BCUT2D eigenvalue weighted by atomic mass is 79.9. The Morgan fingerprint density at radius 3 is 2.50 bits per heavy atom. The van der Waals surface area contributed by atoms with Gasteiger partial charge < -0.3 is 10.5 Å². The molecule has 1 aromatic carbocycles. The highest BCUT2D eigenvalue weighted by molar-refractivity contribution is 9.10. The van der Waals surface area contributed by atoms with Gasteiger partial charge in [0.1, 0.15) is 10.6 Å². The van der Waals surface area contributed by atoms with Crippen molar-refractivity contribution in [1.82, 2.24) is 4.31 Å². The summed E-state index contributed by atoms with van der Waals surface area (Å²) >= 11 is 3.22. The van der Waals surface area contributed by atoms with Crippen molar-refractivity contribution in [1.29, 1.82) is 0 Å². The minimum Gasteiger partial charge on any atom is -0.495 e. The number of ether oxygens (including phenoxy) is 1. The fraction of sp³-hybridized carbons (Fsp3) is 0.417. The van der Waals surface area contributed by atoms with Gasteiger partial charge in [-0.3, -0.25) is 4.79 Å². The highest BCUT2D eigenvalue weighted by Crippen LogP contribution is 2.30. The van der Waals surface area contributed by atoms with Crippen LogP contribution in [0.5, 0.6) is 5.75 Å². The molecule has 0 spiro atoms. The van der Waals surface area contributed by atoms with Crippen LogP contribution < -0.4 is 10.5 Å². The second-order valence-electron chi connectivity index (χ2n) is 4.41. The van der Waals surface area contributed by atoms with Gasteiger partial charge in [-0.2, -0.15) is 4.31 Å². The molecule has 0 aliphatic heterocycles. The molecule has 0 saturated carbocycles. The number of hydrogen-bond donors (Lipinski definition) is 1. The third-order valence-electron chi connectivity index (χ3n) is 2.60. The molecule has 0 aliphatic carbocycles. The molecule has 0 fully saturated rings. The topological polar surface area (TPSA) is 89.7 Å². The summed E-state index contributed by atoms with van der Waals surface area (Å²) in [6.45, 7) is 2.96. The number of nitrogens with zero attached hydrogens (tertiary/aromatic N) is 1. The predicted octanol–water partition coefficient (Wildman–Crippen LogP) is 1.34. The molecule has 0 aliphatic rings. The number of benzene rings is 1. The molecule has 112 valence electrons. The van der Waals surface area contributed by atoms with E-state index in [4.69, 9.17) is 10.5 Å². The van der Waals surface area contributed by atoms with Crippen molar-refractivity contribution in [2.24, 2.45) is 5.73 Å². The van der Waals surface area contributed by atoms with Crippen LogP contribution in [0.15, 0.2) is 27.6 Å². The van der Waals surface area contributed by atoms with Crippen LogP contribution >= 0.6 is 15.9 Å². The molecule has 0 heterocycles. The molecule has 2 N–H and O–H groups in total. The Morgan fingerprint density at radius 2 is 2.05 bits per heavy atom. The van der Waals surface area contributed by atoms with Crippen molar-refractivity contribution in [2.75, 3.05) is 13.7 Å². The number of halogens is 1. The first-order chi connectivity index (χ1) is 9.20. The van der Waals surface area contributed by atoms with Crippen molar-refractivity contribution in [3.63, 3.8) is 0 Å². The lowest BCUT2D eigenvalue weighted by Gasteiger charge is -2.25. The summed E-state index contributed by atoms with van der Waals surface area (Å²) < 4.78 is 32.0. The van der Waals surface area contributed by atoms with Crippen LogP contribution in [0.4, 0.5) is 0 Å². The minimum absolute atomic E-state index is 0.00988. The Bertz CT molecular complexity index is 601. The van der Waals surface area contributed by atoms with Crippen LogP contribution in [0.25, 0.3) is 0 Å². The fourth-order valence-electron chi connectivity index (χ4n) is 1.68. The zero-order valence-corrected chi connectivity index (χ0v) is 13.9. The van der Waals surface area contributed by atoms with Crippen LogP contribution in [0.3, 0.4) is 0 Å². The smallest absolute Gasteiger partial charge is 0.247 e.